The summed E-state index contributed by atoms with van der Waals surface area (Å²) in [7, 11) is 0. The van der Waals surface area contributed by atoms with Crippen molar-refractivity contribution < 1.29 is 4.79 Å². The number of aryl methyl sites for hydroxylation is 1. The summed E-state index contributed by atoms with van der Waals surface area (Å²) >= 11 is 0. The first-order chi connectivity index (χ1) is 9.83. The fourth-order valence-electron chi connectivity index (χ4n) is 1.92. The van der Waals surface area contributed by atoms with Crippen LogP contribution in [0.15, 0.2) is 42.9 Å². The molecule has 20 heavy (non-hydrogen) atoms. The van der Waals surface area contributed by atoms with Gasteiger partial charge in [-0.25, -0.2) is 4.68 Å². The highest BCUT2D eigenvalue weighted by atomic mass is 16.1. The zero-order valence-electron chi connectivity index (χ0n) is 10.6. The van der Waals surface area contributed by atoms with Crippen molar-refractivity contribution in [2.45, 2.75) is 13.0 Å². The lowest BCUT2D eigenvalue weighted by atomic mass is 10.2. The second-order valence-electron chi connectivity index (χ2n) is 4.25. The number of tetrazole rings is 1. The summed E-state index contributed by atoms with van der Waals surface area (Å²) in [6.45, 7) is 0.446. The highest BCUT2D eigenvalue weighted by Gasteiger charge is 2.06. The normalized spacial score (nSPS) is 10.6. The Labute approximate surface area is 114 Å². The van der Waals surface area contributed by atoms with Crippen LogP contribution in [0.3, 0.4) is 0 Å². The molecule has 0 radical (unpaired) electrons. The molecule has 0 unspecified atom stereocenters. The first kappa shape index (κ1) is 12.2. The molecule has 7 heteroatoms. The van der Waals surface area contributed by atoms with E-state index in [1.165, 1.54) is 11.0 Å². The molecule has 3 rings (SSSR count). The maximum absolute atomic E-state index is 11.9. The van der Waals surface area contributed by atoms with Gasteiger partial charge in [0.05, 0.1) is 17.7 Å². The van der Waals surface area contributed by atoms with Gasteiger partial charge < -0.3 is 5.32 Å². The number of hydrogen-bond acceptors (Lipinski definition) is 5. The maximum Gasteiger partial charge on any atom is 0.226 e. The summed E-state index contributed by atoms with van der Waals surface area (Å²) < 4.78 is 1.52. The molecule has 3 aromatic rings. The van der Waals surface area contributed by atoms with E-state index in [-0.39, 0.29) is 5.91 Å². The first-order valence-electron chi connectivity index (χ1n) is 6.17. The van der Waals surface area contributed by atoms with Crippen LogP contribution in [0.5, 0.6) is 0 Å². The van der Waals surface area contributed by atoms with Gasteiger partial charge in [-0.15, -0.1) is 5.10 Å². The molecule has 0 saturated heterocycles. The Hall–Kier alpha value is -2.83. The third kappa shape index (κ3) is 2.61. The van der Waals surface area contributed by atoms with E-state index >= 15 is 0 Å². The molecule has 2 heterocycles. The van der Waals surface area contributed by atoms with Crippen LogP contribution in [0, 0.1) is 0 Å². The Balaban J connectivity index is 1.71. The Kier molecular flexibility index (Phi) is 3.32. The quantitative estimate of drug-likeness (QED) is 0.769. The van der Waals surface area contributed by atoms with Crippen molar-refractivity contribution in [1.29, 1.82) is 0 Å². The number of carbonyl (C=O) groups is 1. The maximum atomic E-state index is 11.9. The third-order valence-corrected chi connectivity index (χ3v) is 2.88. The Morgan fingerprint density at radius 1 is 1.25 bits per heavy atom. The molecule has 1 N–H and O–H groups in total. The van der Waals surface area contributed by atoms with E-state index in [1.807, 2.05) is 30.3 Å². The van der Waals surface area contributed by atoms with E-state index in [2.05, 4.69) is 25.8 Å². The number of aromatic nitrogens is 5. The fraction of sp³-hybridized carbons (Fsp3) is 0.154. The van der Waals surface area contributed by atoms with Gasteiger partial charge in [0.25, 0.3) is 0 Å². The van der Waals surface area contributed by atoms with Gasteiger partial charge in [-0.05, 0) is 34.7 Å². The second-order valence-corrected chi connectivity index (χ2v) is 4.25. The molecular weight excluding hydrogens is 256 g/mol. The van der Waals surface area contributed by atoms with Crippen LogP contribution in [0.4, 0.5) is 5.69 Å². The number of pyridine rings is 1. The van der Waals surface area contributed by atoms with Crippen molar-refractivity contribution in [3.05, 3.63) is 42.9 Å². The van der Waals surface area contributed by atoms with Crippen LogP contribution in [0.25, 0.3) is 10.9 Å². The van der Waals surface area contributed by atoms with Crippen LogP contribution >= 0.6 is 0 Å². The molecule has 0 aliphatic rings. The number of carbonyl (C=O) groups excluding carboxylic acids is 1. The molecular formula is C13H12N6O. The molecule has 1 aromatic carbocycles. The number of benzene rings is 1. The van der Waals surface area contributed by atoms with Crippen molar-refractivity contribution in [3.63, 3.8) is 0 Å². The lowest BCUT2D eigenvalue weighted by molar-refractivity contribution is -0.116. The molecule has 0 aliphatic carbocycles. The van der Waals surface area contributed by atoms with Crippen LogP contribution < -0.4 is 5.32 Å². The first-order valence-corrected chi connectivity index (χ1v) is 6.17. The number of amides is 1. The molecule has 0 aliphatic heterocycles. The van der Waals surface area contributed by atoms with E-state index < -0.39 is 0 Å². The molecule has 100 valence electrons. The molecule has 0 fully saturated rings. The van der Waals surface area contributed by atoms with Crippen LogP contribution in [0.1, 0.15) is 6.42 Å². The molecule has 0 bridgehead atoms. The number of nitrogens with one attached hydrogen (secondary N) is 1. The highest BCUT2D eigenvalue weighted by molar-refractivity contribution is 6.00. The van der Waals surface area contributed by atoms with Crippen LogP contribution in [-0.2, 0) is 11.3 Å². The summed E-state index contributed by atoms with van der Waals surface area (Å²) in [5.74, 6) is -0.0862. The number of anilines is 1. The van der Waals surface area contributed by atoms with Gasteiger partial charge >= 0.3 is 0 Å². The Bertz CT molecular complexity index is 719. The average Bonchev–Trinajstić information content (AvgIpc) is 2.99. The van der Waals surface area contributed by atoms with Crippen molar-refractivity contribution >= 4 is 22.5 Å². The van der Waals surface area contributed by atoms with E-state index in [4.69, 9.17) is 0 Å². The monoisotopic (exact) mass is 268 g/mol. The summed E-state index contributed by atoms with van der Waals surface area (Å²) in [5, 5.41) is 14.6. The van der Waals surface area contributed by atoms with E-state index in [0.717, 1.165) is 16.6 Å². The minimum absolute atomic E-state index is 0.0862. The Morgan fingerprint density at radius 3 is 3.05 bits per heavy atom. The minimum atomic E-state index is -0.0862. The molecule has 1 amide bonds. The van der Waals surface area contributed by atoms with E-state index in [1.54, 1.807) is 6.20 Å². The molecule has 0 spiro atoms. The third-order valence-electron chi connectivity index (χ3n) is 2.88. The zero-order valence-corrected chi connectivity index (χ0v) is 10.6. The van der Waals surface area contributed by atoms with Crippen molar-refractivity contribution in [1.82, 2.24) is 25.2 Å². The highest BCUT2D eigenvalue weighted by Crippen LogP contribution is 2.21. The lowest BCUT2D eigenvalue weighted by Gasteiger charge is -2.08. The summed E-state index contributed by atoms with van der Waals surface area (Å²) in [6.07, 6.45) is 3.52. The number of fused-ring (bicyclic) bond motifs is 1. The van der Waals surface area contributed by atoms with Gasteiger partial charge in [-0.3, -0.25) is 9.78 Å². The summed E-state index contributed by atoms with van der Waals surface area (Å²) in [6, 6.07) is 9.41. The molecule has 7 nitrogen and oxygen atoms in total. The van der Waals surface area contributed by atoms with Gasteiger partial charge in [0.2, 0.25) is 5.91 Å². The minimum Gasteiger partial charge on any atom is -0.325 e. The van der Waals surface area contributed by atoms with Crippen LogP contribution in [-0.4, -0.2) is 31.1 Å². The average molecular weight is 268 g/mol. The topological polar surface area (TPSA) is 85.6 Å². The van der Waals surface area contributed by atoms with Gasteiger partial charge in [-0.1, -0.05) is 6.07 Å². The molecule has 0 atom stereocenters. The predicted molar refractivity (Wildman–Crippen MR) is 72.8 cm³/mol. The van der Waals surface area contributed by atoms with Gasteiger partial charge in [0.15, 0.2) is 0 Å². The van der Waals surface area contributed by atoms with Crippen molar-refractivity contribution in [2.24, 2.45) is 0 Å². The second kappa shape index (κ2) is 5.43. The number of rotatable bonds is 4. The fourth-order valence-corrected chi connectivity index (χ4v) is 1.92. The summed E-state index contributed by atoms with van der Waals surface area (Å²) in [5.41, 5.74) is 1.61. The standard InChI is InChI=1S/C13H12N6O/c20-13(6-8-19-9-15-17-18-19)16-12-5-1-4-11-10(12)3-2-7-14-11/h1-5,7,9H,6,8H2,(H,16,20). The summed E-state index contributed by atoms with van der Waals surface area (Å²) in [4.78, 5) is 16.2. The van der Waals surface area contributed by atoms with Crippen molar-refractivity contribution in [2.75, 3.05) is 5.32 Å². The van der Waals surface area contributed by atoms with Crippen molar-refractivity contribution in [3.8, 4) is 0 Å². The lowest BCUT2D eigenvalue weighted by Crippen LogP contribution is -2.15. The Morgan fingerprint density at radius 2 is 2.20 bits per heavy atom. The van der Waals surface area contributed by atoms with Gasteiger partial charge in [-0.2, -0.15) is 0 Å². The zero-order chi connectivity index (χ0) is 13.8. The van der Waals surface area contributed by atoms with E-state index in [9.17, 15) is 4.79 Å². The van der Waals surface area contributed by atoms with Gasteiger partial charge in [0, 0.05) is 18.0 Å². The largest absolute Gasteiger partial charge is 0.325 e. The number of hydrogen-bond donors (Lipinski definition) is 1. The molecule has 2 aromatic heterocycles. The smallest absolute Gasteiger partial charge is 0.226 e. The molecule has 0 saturated carbocycles. The van der Waals surface area contributed by atoms with Crippen LogP contribution in [0.2, 0.25) is 0 Å². The SMILES string of the molecule is O=C(CCn1cnnn1)Nc1cccc2ncccc12. The van der Waals surface area contributed by atoms with Gasteiger partial charge in [0.1, 0.15) is 6.33 Å². The predicted octanol–water partition coefficient (Wildman–Crippen LogP) is 1.25. The number of nitrogens with zero attached hydrogens (tertiary/aromatic N) is 5. The van der Waals surface area contributed by atoms with E-state index in [0.29, 0.717) is 13.0 Å².